The monoisotopic (exact) mass is 310 g/mol. The molecule has 2 amide bonds. The van der Waals surface area contributed by atoms with Gasteiger partial charge in [-0.3, -0.25) is 9.59 Å². The standard InChI is InChI=1S/C15H22N2O3S/c1-11-4-5-12(2)13(8-11)21-10-15(19)17-9-14(18)16-6-7-20-3/h4-5,8H,6-7,9-10H2,1-3H3,(H,16,18)(H,17,19). The van der Waals surface area contributed by atoms with Crippen molar-refractivity contribution in [2.45, 2.75) is 18.7 Å². The van der Waals surface area contributed by atoms with Gasteiger partial charge in [0, 0.05) is 18.6 Å². The number of benzene rings is 1. The number of rotatable bonds is 8. The van der Waals surface area contributed by atoms with E-state index in [9.17, 15) is 9.59 Å². The molecule has 1 aromatic rings. The summed E-state index contributed by atoms with van der Waals surface area (Å²) in [4.78, 5) is 24.2. The van der Waals surface area contributed by atoms with E-state index in [-0.39, 0.29) is 18.4 Å². The van der Waals surface area contributed by atoms with E-state index < -0.39 is 0 Å². The van der Waals surface area contributed by atoms with Gasteiger partial charge in [0.1, 0.15) is 0 Å². The van der Waals surface area contributed by atoms with Gasteiger partial charge >= 0.3 is 0 Å². The lowest BCUT2D eigenvalue weighted by molar-refractivity contribution is -0.124. The Morgan fingerprint density at radius 1 is 1.19 bits per heavy atom. The van der Waals surface area contributed by atoms with Crippen molar-refractivity contribution in [1.29, 1.82) is 0 Å². The van der Waals surface area contributed by atoms with Crippen molar-refractivity contribution in [3.05, 3.63) is 29.3 Å². The molecule has 0 heterocycles. The quantitative estimate of drug-likeness (QED) is 0.560. The molecule has 0 spiro atoms. The summed E-state index contributed by atoms with van der Waals surface area (Å²) in [5.74, 6) is -0.0599. The maximum Gasteiger partial charge on any atom is 0.239 e. The van der Waals surface area contributed by atoms with Crippen LogP contribution in [-0.2, 0) is 14.3 Å². The van der Waals surface area contributed by atoms with Gasteiger partial charge in [0.25, 0.3) is 0 Å². The van der Waals surface area contributed by atoms with Crippen LogP contribution in [-0.4, -0.2) is 44.4 Å². The number of amides is 2. The van der Waals surface area contributed by atoms with Crippen molar-refractivity contribution in [2.24, 2.45) is 0 Å². The molecule has 0 aromatic heterocycles. The van der Waals surface area contributed by atoms with Gasteiger partial charge in [0.05, 0.1) is 18.9 Å². The van der Waals surface area contributed by atoms with Crippen LogP contribution in [0.1, 0.15) is 11.1 Å². The summed E-state index contributed by atoms with van der Waals surface area (Å²) < 4.78 is 4.82. The summed E-state index contributed by atoms with van der Waals surface area (Å²) >= 11 is 1.48. The van der Waals surface area contributed by atoms with E-state index in [1.165, 1.54) is 17.3 Å². The molecule has 0 fully saturated rings. The van der Waals surface area contributed by atoms with E-state index in [2.05, 4.69) is 16.7 Å². The number of nitrogens with one attached hydrogen (secondary N) is 2. The number of methoxy groups -OCH3 is 1. The molecule has 0 bridgehead atoms. The fourth-order valence-corrected chi connectivity index (χ4v) is 2.54. The number of hydrogen-bond donors (Lipinski definition) is 2. The highest BCUT2D eigenvalue weighted by Crippen LogP contribution is 2.23. The molecule has 0 saturated heterocycles. The van der Waals surface area contributed by atoms with Crippen LogP contribution in [0.5, 0.6) is 0 Å². The zero-order chi connectivity index (χ0) is 15.7. The molecule has 0 unspecified atom stereocenters. The highest BCUT2D eigenvalue weighted by Gasteiger charge is 2.07. The molecule has 6 heteroatoms. The third-order valence-corrected chi connectivity index (χ3v) is 3.93. The van der Waals surface area contributed by atoms with Gasteiger partial charge in [0.2, 0.25) is 11.8 Å². The average molecular weight is 310 g/mol. The Morgan fingerprint density at radius 2 is 1.95 bits per heavy atom. The first-order chi connectivity index (χ1) is 10.0. The van der Waals surface area contributed by atoms with Crippen LogP contribution in [0.2, 0.25) is 0 Å². The highest BCUT2D eigenvalue weighted by atomic mass is 32.2. The van der Waals surface area contributed by atoms with Crippen LogP contribution in [0.4, 0.5) is 0 Å². The Balaban J connectivity index is 2.28. The molecule has 0 radical (unpaired) electrons. The van der Waals surface area contributed by atoms with E-state index in [4.69, 9.17) is 4.74 Å². The van der Waals surface area contributed by atoms with E-state index in [0.29, 0.717) is 18.9 Å². The van der Waals surface area contributed by atoms with Crippen molar-refractivity contribution >= 4 is 23.6 Å². The molecule has 0 atom stereocenters. The summed E-state index contributed by atoms with van der Waals surface area (Å²) in [5.41, 5.74) is 2.32. The SMILES string of the molecule is COCCNC(=O)CNC(=O)CSc1cc(C)ccc1C. The Bertz CT molecular complexity index is 492. The third-order valence-electron chi connectivity index (χ3n) is 2.78. The van der Waals surface area contributed by atoms with Crippen molar-refractivity contribution in [1.82, 2.24) is 10.6 Å². The molecule has 0 aliphatic rings. The normalized spacial score (nSPS) is 10.2. The van der Waals surface area contributed by atoms with E-state index in [1.54, 1.807) is 7.11 Å². The zero-order valence-corrected chi connectivity index (χ0v) is 13.5. The fourth-order valence-electron chi connectivity index (χ4n) is 1.59. The fraction of sp³-hybridized carbons (Fsp3) is 0.467. The largest absolute Gasteiger partial charge is 0.383 e. The molecular weight excluding hydrogens is 288 g/mol. The first-order valence-corrected chi connectivity index (χ1v) is 7.74. The van der Waals surface area contributed by atoms with Crippen LogP contribution in [0.15, 0.2) is 23.1 Å². The van der Waals surface area contributed by atoms with Crippen LogP contribution in [0, 0.1) is 13.8 Å². The predicted octanol–water partition coefficient (Wildman–Crippen LogP) is 1.27. The summed E-state index contributed by atoms with van der Waals surface area (Å²) in [6.07, 6.45) is 0. The van der Waals surface area contributed by atoms with E-state index in [1.807, 2.05) is 26.0 Å². The Labute approximate surface area is 129 Å². The predicted molar refractivity (Wildman–Crippen MR) is 84.5 cm³/mol. The zero-order valence-electron chi connectivity index (χ0n) is 12.7. The maximum atomic E-state index is 11.7. The van der Waals surface area contributed by atoms with Gasteiger partial charge in [0.15, 0.2) is 0 Å². The van der Waals surface area contributed by atoms with Crippen LogP contribution in [0.25, 0.3) is 0 Å². The lowest BCUT2D eigenvalue weighted by Crippen LogP contribution is -2.38. The minimum Gasteiger partial charge on any atom is -0.383 e. The Hall–Kier alpha value is -1.53. The number of aryl methyl sites for hydroxylation is 2. The van der Waals surface area contributed by atoms with Crippen LogP contribution in [0.3, 0.4) is 0 Å². The number of ether oxygens (including phenoxy) is 1. The van der Waals surface area contributed by atoms with Gasteiger partial charge in [-0.05, 0) is 25.5 Å². The molecule has 21 heavy (non-hydrogen) atoms. The third kappa shape index (κ3) is 7.15. The summed E-state index contributed by atoms with van der Waals surface area (Å²) in [6.45, 7) is 4.94. The molecule has 1 rings (SSSR count). The summed E-state index contributed by atoms with van der Waals surface area (Å²) in [6, 6.07) is 6.15. The molecule has 1 aromatic carbocycles. The first-order valence-electron chi connectivity index (χ1n) is 6.75. The smallest absolute Gasteiger partial charge is 0.239 e. The summed E-state index contributed by atoms with van der Waals surface area (Å²) in [5, 5.41) is 5.24. The molecule has 116 valence electrons. The van der Waals surface area contributed by atoms with Crippen LogP contribution >= 0.6 is 11.8 Å². The van der Waals surface area contributed by atoms with Gasteiger partial charge in [-0.2, -0.15) is 0 Å². The number of thioether (sulfide) groups is 1. The lowest BCUT2D eigenvalue weighted by Gasteiger charge is -2.08. The number of hydrogen-bond acceptors (Lipinski definition) is 4. The molecular formula is C15H22N2O3S. The van der Waals surface area contributed by atoms with Crippen molar-refractivity contribution in [3.63, 3.8) is 0 Å². The molecule has 0 aliphatic carbocycles. The minimum atomic E-state index is -0.211. The number of carbonyl (C=O) groups excluding carboxylic acids is 2. The van der Waals surface area contributed by atoms with Crippen molar-refractivity contribution < 1.29 is 14.3 Å². The highest BCUT2D eigenvalue weighted by molar-refractivity contribution is 8.00. The molecule has 0 aliphatic heterocycles. The van der Waals surface area contributed by atoms with E-state index >= 15 is 0 Å². The first kappa shape index (κ1) is 17.5. The maximum absolute atomic E-state index is 11.7. The Kier molecular flexibility index (Phi) is 7.85. The molecule has 0 saturated carbocycles. The second-order valence-electron chi connectivity index (χ2n) is 4.68. The molecule has 2 N–H and O–H groups in total. The van der Waals surface area contributed by atoms with Crippen LogP contribution < -0.4 is 10.6 Å². The average Bonchev–Trinajstić information content (AvgIpc) is 2.46. The van der Waals surface area contributed by atoms with E-state index in [0.717, 1.165) is 10.5 Å². The van der Waals surface area contributed by atoms with Gasteiger partial charge in [-0.15, -0.1) is 11.8 Å². The lowest BCUT2D eigenvalue weighted by atomic mass is 10.2. The van der Waals surface area contributed by atoms with Gasteiger partial charge in [-0.1, -0.05) is 17.7 Å². The molecule has 5 nitrogen and oxygen atoms in total. The summed E-state index contributed by atoms with van der Waals surface area (Å²) in [7, 11) is 1.57. The number of carbonyl (C=O) groups is 2. The van der Waals surface area contributed by atoms with Gasteiger partial charge in [-0.25, -0.2) is 0 Å². The second kappa shape index (κ2) is 9.41. The Morgan fingerprint density at radius 3 is 2.67 bits per heavy atom. The topological polar surface area (TPSA) is 67.4 Å². The van der Waals surface area contributed by atoms with Crippen molar-refractivity contribution in [3.8, 4) is 0 Å². The second-order valence-corrected chi connectivity index (χ2v) is 5.69. The van der Waals surface area contributed by atoms with Gasteiger partial charge < -0.3 is 15.4 Å². The minimum absolute atomic E-state index is 0.00406. The van der Waals surface area contributed by atoms with Crippen molar-refractivity contribution in [2.75, 3.05) is 32.6 Å².